The molecular weight excluding hydrogens is 252 g/mol. The number of carbonyl (C=O) groups is 1. The number of amides is 1. The van der Waals surface area contributed by atoms with E-state index in [2.05, 4.69) is 12.2 Å². The van der Waals surface area contributed by atoms with Gasteiger partial charge >= 0.3 is 0 Å². The second-order valence-electron chi connectivity index (χ2n) is 5.57. The normalized spacial score (nSPS) is 24.2. The zero-order chi connectivity index (χ0) is 13.9. The third-order valence-electron chi connectivity index (χ3n) is 4.29. The van der Waals surface area contributed by atoms with Crippen molar-refractivity contribution in [2.45, 2.75) is 31.7 Å². The fourth-order valence-corrected chi connectivity index (χ4v) is 3.14. The molecule has 2 atom stereocenters. The lowest BCUT2D eigenvalue weighted by molar-refractivity contribution is -0.133. The van der Waals surface area contributed by atoms with Gasteiger partial charge in [0.25, 0.3) is 0 Å². The molecule has 1 saturated heterocycles. The molecule has 1 fully saturated rings. The SMILES string of the molecule is CCN(CC1CCCN1)C(=O)C1COc2ccccc21. The van der Waals surface area contributed by atoms with Crippen LogP contribution < -0.4 is 10.1 Å². The van der Waals surface area contributed by atoms with E-state index >= 15 is 0 Å². The van der Waals surface area contributed by atoms with Gasteiger partial charge in [0.15, 0.2) is 0 Å². The van der Waals surface area contributed by atoms with E-state index < -0.39 is 0 Å². The highest BCUT2D eigenvalue weighted by Crippen LogP contribution is 2.34. The quantitative estimate of drug-likeness (QED) is 0.909. The first-order valence-electron chi connectivity index (χ1n) is 7.53. The number of likely N-dealkylation sites (N-methyl/N-ethyl adjacent to an activating group) is 1. The minimum absolute atomic E-state index is 0.132. The van der Waals surface area contributed by atoms with Crippen molar-refractivity contribution in [3.05, 3.63) is 29.8 Å². The van der Waals surface area contributed by atoms with Crippen molar-refractivity contribution in [2.75, 3.05) is 26.2 Å². The first kappa shape index (κ1) is 13.4. The molecule has 1 aromatic carbocycles. The number of para-hydroxylation sites is 1. The molecule has 0 aromatic heterocycles. The van der Waals surface area contributed by atoms with Crippen molar-refractivity contribution in [1.29, 1.82) is 0 Å². The van der Waals surface area contributed by atoms with Crippen molar-refractivity contribution < 1.29 is 9.53 Å². The summed E-state index contributed by atoms with van der Waals surface area (Å²) in [5.74, 6) is 0.930. The Morgan fingerprint density at radius 1 is 1.45 bits per heavy atom. The van der Waals surface area contributed by atoms with Crippen molar-refractivity contribution in [3.63, 3.8) is 0 Å². The summed E-state index contributed by atoms with van der Waals surface area (Å²) in [7, 11) is 0. The van der Waals surface area contributed by atoms with Crippen molar-refractivity contribution in [3.8, 4) is 5.75 Å². The third-order valence-corrected chi connectivity index (χ3v) is 4.29. The summed E-state index contributed by atoms with van der Waals surface area (Å²) < 4.78 is 5.63. The number of benzene rings is 1. The molecule has 2 unspecified atom stereocenters. The standard InChI is InChI=1S/C16H22N2O2/c1-2-18(10-12-6-5-9-17-12)16(19)14-11-20-15-8-4-3-7-13(14)15/h3-4,7-8,12,14,17H,2,5-6,9-11H2,1H3. The van der Waals surface area contributed by atoms with Crippen LogP contribution in [0.15, 0.2) is 24.3 Å². The van der Waals surface area contributed by atoms with E-state index in [0.717, 1.165) is 30.9 Å². The molecule has 0 radical (unpaired) electrons. The number of hydrogen-bond donors (Lipinski definition) is 1. The molecule has 20 heavy (non-hydrogen) atoms. The maximum absolute atomic E-state index is 12.7. The van der Waals surface area contributed by atoms with E-state index in [4.69, 9.17) is 4.74 Å². The van der Waals surface area contributed by atoms with Crippen molar-refractivity contribution in [1.82, 2.24) is 10.2 Å². The summed E-state index contributed by atoms with van der Waals surface area (Å²) in [5.41, 5.74) is 1.04. The molecule has 2 heterocycles. The molecule has 4 heteroatoms. The lowest BCUT2D eigenvalue weighted by atomic mass is 9.99. The molecule has 0 bridgehead atoms. The van der Waals surface area contributed by atoms with Gasteiger partial charge in [-0.3, -0.25) is 4.79 Å². The van der Waals surface area contributed by atoms with Gasteiger partial charge in [-0.15, -0.1) is 0 Å². The molecule has 0 aliphatic carbocycles. The zero-order valence-electron chi connectivity index (χ0n) is 12.0. The first-order chi connectivity index (χ1) is 9.79. The molecule has 0 saturated carbocycles. The van der Waals surface area contributed by atoms with Crippen LogP contribution in [0.1, 0.15) is 31.2 Å². The van der Waals surface area contributed by atoms with Crippen LogP contribution in [0.5, 0.6) is 5.75 Å². The first-order valence-corrected chi connectivity index (χ1v) is 7.53. The molecule has 0 spiro atoms. The van der Waals surface area contributed by atoms with Crippen molar-refractivity contribution in [2.24, 2.45) is 0 Å². The van der Waals surface area contributed by atoms with Crippen LogP contribution >= 0.6 is 0 Å². The summed E-state index contributed by atoms with van der Waals surface area (Å²) in [6.07, 6.45) is 2.38. The number of ether oxygens (including phenoxy) is 1. The lowest BCUT2D eigenvalue weighted by Crippen LogP contribution is -2.43. The van der Waals surface area contributed by atoms with Gasteiger partial charge < -0.3 is 15.0 Å². The fraction of sp³-hybridized carbons (Fsp3) is 0.562. The van der Waals surface area contributed by atoms with E-state index in [1.165, 1.54) is 12.8 Å². The van der Waals surface area contributed by atoms with Gasteiger partial charge in [-0.25, -0.2) is 0 Å². The summed E-state index contributed by atoms with van der Waals surface area (Å²) >= 11 is 0. The van der Waals surface area contributed by atoms with Gasteiger partial charge in [0.05, 0.1) is 0 Å². The Bertz CT molecular complexity index is 483. The van der Waals surface area contributed by atoms with Crippen LogP contribution in [-0.4, -0.2) is 43.1 Å². The van der Waals surface area contributed by atoms with Gasteiger partial charge in [0.2, 0.25) is 5.91 Å². The Kier molecular flexibility index (Phi) is 3.92. The molecule has 4 nitrogen and oxygen atoms in total. The van der Waals surface area contributed by atoms with E-state index in [-0.39, 0.29) is 11.8 Å². The van der Waals surface area contributed by atoms with Crippen LogP contribution in [0.25, 0.3) is 0 Å². The summed E-state index contributed by atoms with van der Waals surface area (Å²) in [6, 6.07) is 8.33. The molecule has 108 valence electrons. The Morgan fingerprint density at radius 2 is 2.30 bits per heavy atom. The Morgan fingerprint density at radius 3 is 3.05 bits per heavy atom. The molecule has 1 aromatic rings. The summed E-state index contributed by atoms with van der Waals surface area (Å²) in [4.78, 5) is 14.7. The van der Waals surface area contributed by atoms with Gasteiger partial charge in [-0.05, 0) is 32.4 Å². The number of rotatable bonds is 4. The molecule has 1 N–H and O–H groups in total. The van der Waals surface area contributed by atoms with Crippen molar-refractivity contribution >= 4 is 5.91 Å². The minimum atomic E-state index is -0.132. The minimum Gasteiger partial charge on any atom is -0.492 e. The zero-order valence-corrected chi connectivity index (χ0v) is 12.0. The number of nitrogens with one attached hydrogen (secondary N) is 1. The molecule has 1 amide bonds. The van der Waals surface area contributed by atoms with Crippen LogP contribution in [-0.2, 0) is 4.79 Å². The Balaban J connectivity index is 1.71. The van der Waals surface area contributed by atoms with Gasteiger partial charge in [0, 0.05) is 24.7 Å². The molecule has 2 aliphatic rings. The molecule has 3 rings (SSSR count). The maximum Gasteiger partial charge on any atom is 0.233 e. The van der Waals surface area contributed by atoms with E-state index in [9.17, 15) is 4.79 Å². The Labute approximate surface area is 120 Å². The lowest BCUT2D eigenvalue weighted by Gasteiger charge is -2.26. The summed E-state index contributed by atoms with van der Waals surface area (Å²) in [5, 5.41) is 3.46. The van der Waals surface area contributed by atoms with E-state index in [1.807, 2.05) is 29.2 Å². The number of carbonyl (C=O) groups excluding carboxylic acids is 1. The summed E-state index contributed by atoms with van der Waals surface area (Å²) in [6.45, 7) is 5.18. The second kappa shape index (κ2) is 5.83. The third kappa shape index (κ3) is 2.52. The average Bonchev–Trinajstić information content (AvgIpc) is 3.13. The Hall–Kier alpha value is -1.55. The van der Waals surface area contributed by atoms with Gasteiger partial charge in [0.1, 0.15) is 18.3 Å². The predicted molar refractivity (Wildman–Crippen MR) is 78.0 cm³/mol. The van der Waals surface area contributed by atoms with Gasteiger partial charge in [-0.2, -0.15) is 0 Å². The van der Waals surface area contributed by atoms with Crippen LogP contribution in [0, 0.1) is 0 Å². The van der Waals surface area contributed by atoms with E-state index in [0.29, 0.717) is 12.6 Å². The van der Waals surface area contributed by atoms with E-state index in [1.54, 1.807) is 0 Å². The molecular formula is C16H22N2O2. The largest absolute Gasteiger partial charge is 0.492 e. The highest BCUT2D eigenvalue weighted by atomic mass is 16.5. The topological polar surface area (TPSA) is 41.6 Å². The number of fused-ring (bicyclic) bond motifs is 1. The number of nitrogens with zero attached hydrogens (tertiary/aromatic N) is 1. The highest BCUT2D eigenvalue weighted by molar-refractivity contribution is 5.85. The average molecular weight is 274 g/mol. The number of hydrogen-bond acceptors (Lipinski definition) is 3. The molecule has 2 aliphatic heterocycles. The highest BCUT2D eigenvalue weighted by Gasteiger charge is 2.33. The van der Waals surface area contributed by atoms with Gasteiger partial charge in [-0.1, -0.05) is 18.2 Å². The second-order valence-corrected chi connectivity index (χ2v) is 5.57. The maximum atomic E-state index is 12.7. The van der Waals surface area contributed by atoms with Crippen LogP contribution in [0.2, 0.25) is 0 Å². The predicted octanol–water partition coefficient (Wildman–Crippen LogP) is 1.76. The monoisotopic (exact) mass is 274 g/mol. The van der Waals surface area contributed by atoms with Crippen LogP contribution in [0.3, 0.4) is 0 Å². The van der Waals surface area contributed by atoms with Crippen LogP contribution in [0.4, 0.5) is 0 Å². The fourth-order valence-electron chi connectivity index (χ4n) is 3.14. The smallest absolute Gasteiger partial charge is 0.233 e.